The van der Waals surface area contributed by atoms with Crippen molar-refractivity contribution in [2.24, 2.45) is 0 Å². The highest BCUT2D eigenvalue weighted by Gasteiger charge is 2.36. The van der Waals surface area contributed by atoms with Crippen molar-refractivity contribution in [1.29, 1.82) is 0 Å². The Bertz CT molecular complexity index is 754. The number of ether oxygens (including phenoxy) is 1. The summed E-state index contributed by atoms with van der Waals surface area (Å²) in [7, 11) is 0. The zero-order valence-corrected chi connectivity index (χ0v) is 16.1. The minimum absolute atomic E-state index is 0.0541. The summed E-state index contributed by atoms with van der Waals surface area (Å²) in [6.07, 6.45) is 0.488. The van der Waals surface area contributed by atoms with Gasteiger partial charge in [-0.2, -0.15) is 0 Å². The zero-order chi connectivity index (χ0) is 18.6. The second-order valence-corrected chi connectivity index (χ2v) is 7.76. The van der Waals surface area contributed by atoms with Gasteiger partial charge in [0.2, 0.25) is 5.91 Å². The van der Waals surface area contributed by atoms with Crippen LogP contribution in [0.4, 0.5) is 0 Å². The van der Waals surface area contributed by atoms with Crippen molar-refractivity contribution in [3.05, 3.63) is 70.7 Å². The highest BCUT2D eigenvalue weighted by atomic mass is 35.5. The molecule has 2 aromatic carbocycles. The molecule has 0 spiro atoms. The third kappa shape index (κ3) is 4.34. The van der Waals surface area contributed by atoms with Crippen LogP contribution in [0, 0.1) is 0 Å². The first-order valence-corrected chi connectivity index (χ1v) is 9.98. The molecule has 2 aromatic rings. The smallest absolute Gasteiger partial charge is 0.223 e. The van der Waals surface area contributed by atoms with E-state index in [2.05, 4.69) is 17.0 Å². The van der Waals surface area contributed by atoms with E-state index in [0.717, 1.165) is 45.0 Å². The monoisotopic (exact) mass is 384 g/mol. The Morgan fingerprint density at radius 1 is 1.00 bits per heavy atom. The molecule has 2 saturated heterocycles. The van der Waals surface area contributed by atoms with Gasteiger partial charge in [0.05, 0.1) is 13.2 Å². The first-order chi connectivity index (χ1) is 13.2. The molecular weight excluding hydrogens is 360 g/mol. The van der Waals surface area contributed by atoms with Crippen LogP contribution in [0.5, 0.6) is 0 Å². The van der Waals surface area contributed by atoms with Crippen LogP contribution in [0.2, 0.25) is 5.02 Å². The quantitative estimate of drug-likeness (QED) is 0.792. The summed E-state index contributed by atoms with van der Waals surface area (Å²) in [5, 5.41) is 0.716. The van der Waals surface area contributed by atoms with E-state index in [9.17, 15) is 4.79 Å². The molecular formula is C22H25ClN2O2. The fourth-order valence-corrected chi connectivity index (χ4v) is 4.07. The third-order valence-electron chi connectivity index (χ3n) is 5.63. The van der Waals surface area contributed by atoms with Crippen molar-refractivity contribution in [1.82, 2.24) is 9.80 Å². The molecule has 0 aliphatic carbocycles. The Morgan fingerprint density at radius 3 is 2.30 bits per heavy atom. The standard InChI is InChI=1S/C22H25ClN2O2/c23-19-8-6-18(7-9-19)21(17-4-2-1-3-5-17)14-22(26)25-15-20(16-25)24-10-12-27-13-11-24/h1-9,20-21H,10-16H2. The van der Waals surface area contributed by atoms with Crippen LogP contribution in [0.1, 0.15) is 23.5 Å². The molecule has 2 fully saturated rings. The maximum Gasteiger partial charge on any atom is 0.223 e. The van der Waals surface area contributed by atoms with Crippen molar-refractivity contribution < 1.29 is 9.53 Å². The van der Waals surface area contributed by atoms with Crippen LogP contribution >= 0.6 is 11.6 Å². The predicted octanol–water partition coefficient (Wildman–Crippen LogP) is 3.41. The summed E-state index contributed by atoms with van der Waals surface area (Å²) < 4.78 is 5.42. The predicted molar refractivity (Wildman–Crippen MR) is 107 cm³/mol. The number of carbonyl (C=O) groups is 1. The Labute approximate surface area is 165 Å². The van der Waals surface area contributed by atoms with Gasteiger partial charge in [0, 0.05) is 49.6 Å². The number of nitrogens with zero attached hydrogens (tertiary/aromatic N) is 2. The van der Waals surface area contributed by atoms with Crippen molar-refractivity contribution in [3.8, 4) is 0 Å². The minimum atomic E-state index is 0.0541. The molecule has 2 aliphatic rings. The van der Waals surface area contributed by atoms with Gasteiger partial charge < -0.3 is 9.64 Å². The summed E-state index contributed by atoms with van der Waals surface area (Å²) in [5.41, 5.74) is 2.29. The molecule has 5 heteroatoms. The van der Waals surface area contributed by atoms with Crippen molar-refractivity contribution >= 4 is 17.5 Å². The van der Waals surface area contributed by atoms with Gasteiger partial charge in [-0.15, -0.1) is 0 Å². The van der Waals surface area contributed by atoms with Gasteiger partial charge in [-0.05, 0) is 23.3 Å². The molecule has 2 aliphatic heterocycles. The van der Waals surface area contributed by atoms with Gasteiger partial charge in [-0.25, -0.2) is 0 Å². The summed E-state index contributed by atoms with van der Waals surface area (Å²) in [5.74, 6) is 0.279. The number of carbonyl (C=O) groups excluding carboxylic acids is 1. The normalized spacial score (nSPS) is 19.5. The van der Waals surface area contributed by atoms with Gasteiger partial charge in [0.1, 0.15) is 0 Å². The maximum absolute atomic E-state index is 12.9. The number of hydrogen-bond acceptors (Lipinski definition) is 3. The van der Waals surface area contributed by atoms with Crippen LogP contribution < -0.4 is 0 Å². The number of amides is 1. The van der Waals surface area contributed by atoms with Gasteiger partial charge >= 0.3 is 0 Å². The molecule has 0 radical (unpaired) electrons. The van der Waals surface area contributed by atoms with Gasteiger partial charge in [-0.3, -0.25) is 9.69 Å². The Kier molecular flexibility index (Phi) is 5.77. The molecule has 4 nitrogen and oxygen atoms in total. The van der Waals surface area contributed by atoms with Gasteiger partial charge in [-0.1, -0.05) is 54.1 Å². The lowest BCUT2D eigenvalue weighted by Crippen LogP contribution is -2.62. The molecule has 0 bridgehead atoms. The van der Waals surface area contributed by atoms with E-state index >= 15 is 0 Å². The van der Waals surface area contributed by atoms with Gasteiger partial charge in [0.25, 0.3) is 0 Å². The van der Waals surface area contributed by atoms with Crippen LogP contribution in [0.3, 0.4) is 0 Å². The first-order valence-electron chi connectivity index (χ1n) is 9.60. The van der Waals surface area contributed by atoms with E-state index in [0.29, 0.717) is 17.5 Å². The van der Waals surface area contributed by atoms with E-state index in [1.807, 2.05) is 47.4 Å². The first kappa shape index (κ1) is 18.5. The van der Waals surface area contributed by atoms with E-state index < -0.39 is 0 Å². The Morgan fingerprint density at radius 2 is 1.63 bits per heavy atom. The molecule has 142 valence electrons. The average Bonchev–Trinajstić information content (AvgIpc) is 2.67. The molecule has 1 amide bonds. The molecule has 1 unspecified atom stereocenters. The number of rotatable bonds is 5. The lowest BCUT2D eigenvalue weighted by molar-refractivity contribution is -0.140. The molecule has 2 heterocycles. The molecule has 1 atom stereocenters. The second-order valence-electron chi connectivity index (χ2n) is 7.32. The Hall–Kier alpha value is -1.88. The van der Waals surface area contributed by atoms with Crippen molar-refractivity contribution in [3.63, 3.8) is 0 Å². The SMILES string of the molecule is O=C(CC(c1ccccc1)c1ccc(Cl)cc1)N1CC(N2CCOCC2)C1. The van der Waals surface area contributed by atoms with Crippen LogP contribution in [0.15, 0.2) is 54.6 Å². The highest BCUT2D eigenvalue weighted by molar-refractivity contribution is 6.30. The summed E-state index contributed by atoms with van der Waals surface area (Å²) in [6, 6.07) is 18.6. The molecule has 27 heavy (non-hydrogen) atoms. The average molecular weight is 385 g/mol. The highest BCUT2D eigenvalue weighted by Crippen LogP contribution is 2.30. The number of morpholine rings is 1. The fraction of sp³-hybridized carbons (Fsp3) is 0.409. The zero-order valence-electron chi connectivity index (χ0n) is 15.4. The molecule has 0 saturated carbocycles. The van der Waals surface area contributed by atoms with E-state index in [-0.39, 0.29) is 11.8 Å². The molecule has 0 N–H and O–H groups in total. The lowest BCUT2D eigenvalue weighted by Gasteiger charge is -2.46. The summed E-state index contributed by atoms with van der Waals surface area (Å²) in [4.78, 5) is 17.4. The topological polar surface area (TPSA) is 32.8 Å². The van der Waals surface area contributed by atoms with Crippen LogP contribution in [0.25, 0.3) is 0 Å². The Balaban J connectivity index is 1.42. The van der Waals surface area contributed by atoms with Gasteiger partial charge in [0.15, 0.2) is 0 Å². The van der Waals surface area contributed by atoms with Crippen LogP contribution in [-0.4, -0.2) is 61.1 Å². The van der Waals surface area contributed by atoms with E-state index in [4.69, 9.17) is 16.3 Å². The summed E-state index contributed by atoms with van der Waals surface area (Å²) >= 11 is 6.05. The number of benzene rings is 2. The fourth-order valence-electron chi connectivity index (χ4n) is 3.94. The number of hydrogen-bond donors (Lipinski definition) is 0. The van der Waals surface area contributed by atoms with Crippen molar-refractivity contribution in [2.75, 3.05) is 39.4 Å². The summed E-state index contributed by atoms with van der Waals surface area (Å²) in [6.45, 7) is 5.23. The molecule has 0 aromatic heterocycles. The largest absolute Gasteiger partial charge is 0.379 e. The number of halogens is 1. The van der Waals surface area contributed by atoms with Crippen LogP contribution in [-0.2, 0) is 9.53 Å². The van der Waals surface area contributed by atoms with Crippen molar-refractivity contribution in [2.45, 2.75) is 18.4 Å². The second kappa shape index (κ2) is 8.42. The van der Waals surface area contributed by atoms with E-state index in [1.165, 1.54) is 5.56 Å². The van der Waals surface area contributed by atoms with E-state index in [1.54, 1.807) is 0 Å². The third-order valence-corrected chi connectivity index (χ3v) is 5.88. The minimum Gasteiger partial charge on any atom is -0.379 e. The lowest BCUT2D eigenvalue weighted by atomic mass is 9.87. The maximum atomic E-state index is 12.9. The number of likely N-dealkylation sites (tertiary alicyclic amines) is 1. The molecule has 4 rings (SSSR count).